The molecule has 1 N–H and O–H groups in total. The monoisotopic (exact) mass is 372 g/mol. The molecule has 0 spiro atoms. The first-order valence-corrected chi connectivity index (χ1v) is 9.92. The highest BCUT2D eigenvalue weighted by atomic mass is 32.1. The fourth-order valence-electron chi connectivity index (χ4n) is 3.59. The van der Waals surface area contributed by atoms with Crippen molar-refractivity contribution in [1.82, 2.24) is 4.90 Å². The van der Waals surface area contributed by atoms with E-state index in [-0.39, 0.29) is 11.7 Å². The predicted molar refractivity (Wildman–Crippen MR) is 99.7 cm³/mol. The van der Waals surface area contributed by atoms with E-state index < -0.39 is 0 Å². The van der Waals surface area contributed by atoms with E-state index >= 15 is 0 Å². The van der Waals surface area contributed by atoms with Crippen LogP contribution < -0.4 is 0 Å². The lowest BCUT2D eigenvalue weighted by Crippen LogP contribution is -2.35. The molecule has 2 aliphatic carbocycles. The Hall–Kier alpha value is -2.21. The highest BCUT2D eigenvalue weighted by Gasteiger charge is 2.35. The van der Waals surface area contributed by atoms with Crippen molar-refractivity contribution in [3.05, 3.63) is 57.0 Å². The average molecular weight is 372 g/mol. The first-order chi connectivity index (χ1) is 12.7. The second-order valence-electron chi connectivity index (χ2n) is 6.96. The van der Waals surface area contributed by atoms with Gasteiger partial charge in [0.1, 0.15) is 5.82 Å². The topological polar surface area (TPSA) is 52.9 Å². The zero-order valence-corrected chi connectivity index (χ0v) is 15.3. The van der Waals surface area contributed by atoms with Crippen molar-refractivity contribution < 1.29 is 14.4 Å². The lowest BCUT2D eigenvalue weighted by atomic mass is 9.94. The molecular weight excluding hydrogens is 351 g/mol. The van der Waals surface area contributed by atoms with Gasteiger partial charge in [-0.25, -0.2) is 4.39 Å². The number of carbonyl (C=O) groups excluding carboxylic acids is 1. The molecule has 136 valence electrons. The maximum absolute atomic E-state index is 13.2. The van der Waals surface area contributed by atoms with Crippen LogP contribution >= 0.6 is 11.3 Å². The summed E-state index contributed by atoms with van der Waals surface area (Å²) in [6.07, 6.45) is 5.33. The van der Waals surface area contributed by atoms with Crippen molar-refractivity contribution in [2.45, 2.75) is 44.6 Å². The Balaban J connectivity index is 1.53. The Morgan fingerprint density at radius 2 is 2.04 bits per heavy atom. The molecule has 1 saturated carbocycles. The molecule has 0 saturated heterocycles. The van der Waals surface area contributed by atoms with Gasteiger partial charge >= 0.3 is 0 Å². The van der Waals surface area contributed by atoms with E-state index in [1.165, 1.54) is 23.5 Å². The van der Waals surface area contributed by atoms with Crippen LogP contribution in [0, 0.1) is 5.82 Å². The minimum atomic E-state index is -0.241. The van der Waals surface area contributed by atoms with Crippen LogP contribution in [0.15, 0.2) is 34.8 Å². The number of hydrogen-bond acceptors (Lipinski definition) is 4. The number of oxime groups is 1. The van der Waals surface area contributed by atoms with E-state index in [1.54, 1.807) is 12.1 Å². The number of halogens is 1. The fourth-order valence-corrected chi connectivity index (χ4v) is 4.70. The minimum Gasteiger partial charge on any atom is -0.411 e. The van der Waals surface area contributed by atoms with Crippen molar-refractivity contribution in [3.63, 3.8) is 0 Å². The third-order valence-corrected chi connectivity index (χ3v) is 6.22. The number of carbonyl (C=O) groups is 1. The zero-order valence-electron chi connectivity index (χ0n) is 14.4. The molecule has 0 aliphatic heterocycles. The Labute approximate surface area is 155 Å². The second-order valence-corrected chi connectivity index (χ2v) is 7.84. The zero-order chi connectivity index (χ0) is 18.1. The molecule has 4 rings (SSSR count). The van der Waals surface area contributed by atoms with Gasteiger partial charge in [0.25, 0.3) is 5.91 Å². The van der Waals surface area contributed by atoms with Gasteiger partial charge in [0.05, 0.1) is 16.2 Å². The van der Waals surface area contributed by atoms with E-state index in [0.717, 1.165) is 60.1 Å². The van der Waals surface area contributed by atoms with Crippen LogP contribution in [0.5, 0.6) is 0 Å². The lowest BCUT2D eigenvalue weighted by molar-refractivity contribution is 0.0744. The Bertz CT molecular complexity index is 840. The first kappa shape index (κ1) is 17.2. The van der Waals surface area contributed by atoms with Crippen LogP contribution in [0.3, 0.4) is 0 Å². The molecule has 0 bridgehead atoms. The van der Waals surface area contributed by atoms with E-state index in [2.05, 4.69) is 5.16 Å². The summed E-state index contributed by atoms with van der Waals surface area (Å²) < 4.78 is 13.1. The van der Waals surface area contributed by atoms with E-state index in [9.17, 15) is 14.4 Å². The van der Waals surface area contributed by atoms with E-state index in [4.69, 9.17) is 0 Å². The Morgan fingerprint density at radius 1 is 1.27 bits per heavy atom. The SMILES string of the molecule is O=C(c1csc2c1CCC/C2=N/O)N(CCc1ccc(F)cc1)C1CC1. The molecule has 2 aromatic rings. The van der Waals surface area contributed by atoms with Crippen LogP contribution in [-0.4, -0.2) is 34.3 Å². The number of amides is 1. The summed E-state index contributed by atoms with van der Waals surface area (Å²) in [6.45, 7) is 0.640. The molecule has 1 heterocycles. The van der Waals surface area contributed by atoms with E-state index in [0.29, 0.717) is 18.3 Å². The smallest absolute Gasteiger partial charge is 0.255 e. The summed E-state index contributed by atoms with van der Waals surface area (Å²) in [7, 11) is 0. The van der Waals surface area contributed by atoms with Gasteiger partial charge in [-0.1, -0.05) is 17.3 Å². The molecular formula is C20H21FN2O2S. The van der Waals surface area contributed by atoms with Crippen molar-refractivity contribution in [2.75, 3.05) is 6.54 Å². The minimum absolute atomic E-state index is 0.0753. The molecule has 6 heteroatoms. The van der Waals surface area contributed by atoms with E-state index in [1.807, 2.05) is 10.3 Å². The van der Waals surface area contributed by atoms with Gasteiger partial charge in [0, 0.05) is 18.0 Å². The van der Waals surface area contributed by atoms with Crippen molar-refractivity contribution >= 4 is 23.0 Å². The van der Waals surface area contributed by atoms with Crippen LogP contribution in [0.25, 0.3) is 0 Å². The number of rotatable bonds is 5. The third-order valence-electron chi connectivity index (χ3n) is 5.15. The third kappa shape index (κ3) is 3.38. The lowest BCUT2D eigenvalue weighted by Gasteiger charge is -2.23. The largest absolute Gasteiger partial charge is 0.411 e. The summed E-state index contributed by atoms with van der Waals surface area (Å²) in [5.41, 5.74) is 3.52. The number of hydrogen-bond donors (Lipinski definition) is 1. The summed E-state index contributed by atoms with van der Waals surface area (Å²) in [5, 5.41) is 14.5. The molecule has 4 nitrogen and oxygen atoms in total. The molecule has 0 unspecified atom stereocenters. The molecule has 0 radical (unpaired) electrons. The van der Waals surface area contributed by atoms with Gasteiger partial charge in [-0.05, 0) is 61.8 Å². The average Bonchev–Trinajstić information content (AvgIpc) is 3.40. The molecule has 1 fully saturated rings. The predicted octanol–water partition coefficient (Wildman–Crippen LogP) is 4.25. The maximum Gasteiger partial charge on any atom is 0.255 e. The first-order valence-electron chi connectivity index (χ1n) is 9.04. The van der Waals surface area contributed by atoms with Gasteiger partial charge in [0.2, 0.25) is 0 Å². The summed E-state index contributed by atoms with van der Waals surface area (Å²) in [5.74, 6) is -0.165. The number of nitrogens with zero attached hydrogens (tertiary/aromatic N) is 2. The molecule has 0 atom stereocenters. The normalized spacial score (nSPS) is 18.0. The number of fused-ring (bicyclic) bond motifs is 1. The van der Waals surface area contributed by atoms with Gasteiger partial charge in [-0.2, -0.15) is 0 Å². The van der Waals surface area contributed by atoms with Crippen molar-refractivity contribution in [1.29, 1.82) is 0 Å². The van der Waals surface area contributed by atoms with Crippen molar-refractivity contribution in [3.8, 4) is 0 Å². The molecule has 2 aliphatic rings. The molecule has 1 aromatic heterocycles. The summed E-state index contributed by atoms with van der Waals surface area (Å²) in [4.78, 5) is 16.1. The molecule has 1 amide bonds. The maximum atomic E-state index is 13.2. The highest BCUT2D eigenvalue weighted by molar-refractivity contribution is 7.12. The highest BCUT2D eigenvalue weighted by Crippen LogP contribution is 2.34. The standard InChI is InChI=1S/C20H21FN2O2S/c21-14-6-4-13(5-7-14)10-11-23(15-8-9-15)20(24)17-12-26-19-16(17)2-1-3-18(19)22-25/h4-7,12,15,25H,1-3,8-11H2/b22-18-. The number of thiophene rings is 1. The molecule has 1 aromatic carbocycles. The molecule has 26 heavy (non-hydrogen) atoms. The number of benzene rings is 1. The Kier molecular flexibility index (Phi) is 4.76. The second kappa shape index (κ2) is 7.19. The van der Waals surface area contributed by atoms with Crippen molar-refractivity contribution in [2.24, 2.45) is 5.16 Å². The quantitative estimate of drug-likeness (QED) is 0.630. The van der Waals surface area contributed by atoms with Gasteiger partial charge in [0.15, 0.2) is 0 Å². The summed E-state index contributed by atoms with van der Waals surface area (Å²) >= 11 is 1.50. The van der Waals surface area contributed by atoms with Crippen LogP contribution in [-0.2, 0) is 12.8 Å². The van der Waals surface area contributed by atoms with Crippen LogP contribution in [0.2, 0.25) is 0 Å². The van der Waals surface area contributed by atoms with Crippen LogP contribution in [0.4, 0.5) is 4.39 Å². The van der Waals surface area contributed by atoms with Gasteiger partial charge < -0.3 is 10.1 Å². The van der Waals surface area contributed by atoms with Gasteiger partial charge in [-0.15, -0.1) is 11.3 Å². The van der Waals surface area contributed by atoms with Crippen LogP contribution in [0.1, 0.15) is 52.0 Å². The van der Waals surface area contributed by atoms with Gasteiger partial charge in [-0.3, -0.25) is 4.79 Å². The Morgan fingerprint density at radius 3 is 2.73 bits per heavy atom. The fraction of sp³-hybridized carbons (Fsp3) is 0.400. The summed E-state index contributed by atoms with van der Waals surface area (Å²) in [6, 6.07) is 6.80.